The van der Waals surface area contributed by atoms with Crippen LogP contribution in [0.2, 0.25) is 0 Å². The lowest BCUT2D eigenvalue weighted by Gasteiger charge is -1.97. The van der Waals surface area contributed by atoms with Crippen LogP contribution in [-0.2, 0) is 0 Å². The lowest BCUT2D eigenvalue weighted by Crippen LogP contribution is -2.17. The number of amides is 1. The Bertz CT molecular complexity index is 587. The van der Waals surface area contributed by atoms with Crippen molar-refractivity contribution < 1.29 is 14.3 Å². The first-order valence-corrected chi connectivity index (χ1v) is 5.33. The standard InChI is InChI=1S/C13H12N2O3/c1-9-12(5-6-18-9)13(17)15-14-8-10-3-2-4-11(16)7-10/h2-8,16H,1H3,(H,15,17). The molecule has 1 heterocycles. The third kappa shape index (κ3) is 2.76. The maximum Gasteiger partial charge on any atom is 0.274 e. The Morgan fingerprint density at radius 3 is 2.94 bits per heavy atom. The first kappa shape index (κ1) is 11.9. The molecule has 0 unspecified atom stereocenters. The fraction of sp³-hybridized carbons (Fsp3) is 0.0769. The number of hydrazone groups is 1. The molecule has 0 aliphatic rings. The number of rotatable bonds is 3. The van der Waals surface area contributed by atoms with Crippen molar-refractivity contribution in [3.8, 4) is 5.75 Å². The maximum absolute atomic E-state index is 11.6. The highest BCUT2D eigenvalue weighted by Gasteiger charge is 2.09. The summed E-state index contributed by atoms with van der Waals surface area (Å²) in [6, 6.07) is 8.13. The maximum atomic E-state index is 11.6. The second-order valence-corrected chi connectivity index (χ2v) is 3.68. The molecule has 0 fully saturated rings. The van der Waals surface area contributed by atoms with Gasteiger partial charge in [0.25, 0.3) is 5.91 Å². The van der Waals surface area contributed by atoms with Crippen LogP contribution in [0.15, 0.2) is 46.1 Å². The molecule has 0 bridgehead atoms. The van der Waals surface area contributed by atoms with E-state index in [9.17, 15) is 9.90 Å². The molecule has 92 valence electrons. The molecule has 0 atom stereocenters. The first-order valence-electron chi connectivity index (χ1n) is 5.33. The van der Waals surface area contributed by atoms with Crippen molar-refractivity contribution in [3.05, 3.63) is 53.5 Å². The van der Waals surface area contributed by atoms with Crippen molar-refractivity contribution in [2.75, 3.05) is 0 Å². The van der Waals surface area contributed by atoms with E-state index in [0.29, 0.717) is 16.9 Å². The second kappa shape index (κ2) is 5.18. The van der Waals surface area contributed by atoms with Gasteiger partial charge in [0.2, 0.25) is 0 Å². The van der Waals surface area contributed by atoms with Crippen molar-refractivity contribution >= 4 is 12.1 Å². The Balaban J connectivity index is 2.00. The lowest BCUT2D eigenvalue weighted by molar-refractivity contribution is 0.0953. The number of aryl methyl sites for hydroxylation is 1. The van der Waals surface area contributed by atoms with Crippen LogP contribution in [0.1, 0.15) is 21.7 Å². The molecule has 0 aliphatic heterocycles. The average molecular weight is 244 g/mol. The number of hydrogen-bond acceptors (Lipinski definition) is 4. The number of furan rings is 1. The molecule has 1 amide bonds. The van der Waals surface area contributed by atoms with Crippen molar-refractivity contribution in [2.45, 2.75) is 6.92 Å². The number of phenolic OH excluding ortho intramolecular Hbond substituents is 1. The largest absolute Gasteiger partial charge is 0.508 e. The summed E-state index contributed by atoms with van der Waals surface area (Å²) in [5.74, 6) is 0.355. The first-order chi connectivity index (χ1) is 8.66. The summed E-state index contributed by atoms with van der Waals surface area (Å²) in [7, 11) is 0. The zero-order valence-corrected chi connectivity index (χ0v) is 9.75. The monoisotopic (exact) mass is 244 g/mol. The molecule has 0 radical (unpaired) electrons. The van der Waals surface area contributed by atoms with Gasteiger partial charge in [-0.1, -0.05) is 12.1 Å². The zero-order chi connectivity index (χ0) is 13.0. The van der Waals surface area contributed by atoms with E-state index in [-0.39, 0.29) is 11.7 Å². The van der Waals surface area contributed by atoms with Gasteiger partial charge in [0.05, 0.1) is 18.0 Å². The summed E-state index contributed by atoms with van der Waals surface area (Å²) in [4.78, 5) is 11.6. The molecule has 1 aromatic heterocycles. The molecule has 0 aliphatic carbocycles. The summed E-state index contributed by atoms with van der Waals surface area (Å²) >= 11 is 0. The molecule has 2 rings (SSSR count). The van der Waals surface area contributed by atoms with Gasteiger partial charge in [-0.3, -0.25) is 4.79 Å². The Morgan fingerprint density at radius 1 is 1.44 bits per heavy atom. The molecule has 0 saturated carbocycles. The minimum absolute atomic E-state index is 0.149. The number of nitrogens with zero attached hydrogens (tertiary/aromatic N) is 1. The van der Waals surface area contributed by atoms with Crippen LogP contribution < -0.4 is 5.43 Å². The fourth-order valence-corrected chi connectivity index (χ4v) is 1.45. The van der Waals surface area contributed by atoms with Crippen LogP contribution in [0.25, 0.3) is 0 Å². The van der Waals surface area contributed by atoms with Crippen molar-refractivity contribution in [1.82, 2.24) is 5.43 Å². The van der Waals surface area contributed by atoms with Crippen LogP contribution in [0.4, 0.5) is 0 Å². The zero-order valence-electron chi connectivity index (χ0n) is 9.75. The summed E-state index contributed by atoms with van der Waals surface area (Å²) in [6.45, 7) is 1.70. The van der Waals surface area contributed by atoms with Crippen molar-refractivity contribution in [2.24, 2.45) is 5.10 Å². The van der Waals surface area contributed by atoms with E-state index < -0.39 is 0 Å². The molecular weight excluding hydrogens is 232 g/mol. The normalized spacial score (nSPS) is 10.7. The number of phenols is 1. The fourth-order valence-electron chi connectivity index (χ4n) is 1.45. The Hall–Kier alpha value is -2.56. The third-order valence-electron chi connectivity index (χ3n) is 2.35. The topological polar surface area (TPSA) is 74.8 Å². The molecule has 18 heavy (non-hydrogen) atoms. The van der Waals surface area contributed by atoms with Gasteiger partial charge >= 0.3 is 0 Å². The molecule has 0 saturated heterocycles. The van der Waals surface area contributed by atoms with Crippen molar-refractivity contribution in [3.63, 3.8) is 0 Å². The molecular formula is C13H12N2O3. The van der Waals surface area contributed by atoms with Gasteiger partial charge in [-0.05, 0) is 30.7 Å². The average Bonchev–Trinajstić information content (AvgIpc) is 2.75. The van der Waals surface area contributed by atoms with Crippen molar-refractivity contribution in [1.29, 1.82) is 0 Å². The number of benzene rings is 1. The lowest BCUT2D eigenvalue weighted by atomic mass is 10.2. The third-order valence-corrected chi connectivity index (χ3v) is 2.35. The Kier molecular flexibility index (Phi) is 3.43. The van der Waals surface area contributed by atoms with Crippen LogP contribution in [-0.4, -0.2) is 17.2 Å². The molecule has 2 aromatic rings. The number of carbonyl (C=O) groups excluding carboxylic acids is 1. The van der Waals surface area contributed by atoms with Crippen LogP contribution in [0.5, 0.6) is 5.75 Å². The smallest absolute Gasteiger partial charge is 0.274 e. The van der Waals surface area contributed by atoms with E-state index in [1.54, 1.807) is 37.3 Å². The van der Waals surface area contributed by atoms with Gasteiger partial charge in [-0.15, -0.1) is 0 Å². The van der Waals surface area contributed by atoms with E-state index in [1.807, 2.05) is 0 Å². The van der Waals surface area contributed by atoms with Gasteiger partial charge in [0.15, 0.2) is 0 Å². The van der Waals surface area contributed by atoms with Gasteiger partial charge in [0.1, 0.15) is 11.5 Å². The van der Waals surface area contributed by atoms with Gasteiger partial charge in [-0.25, -0.2) is 5.43 Å². The highest BCUT2D eigenvalue weighted by molar-refractivity contribution is 5.95. The van der Waals surface area contributed by atoms with Crippen LogP contribution in [0, 0.1) is 6.92 Å². The van der Waals surface area contributed by atoms with E-state index in [1.165, 1.54) is 12.5 Å². The van der Waals surface area contributed by atoms with E-state index in [4.69, 9.17) is 4.42 Å². The predicted molar refractivity (Wildman–Crippen MR) is 66.6 cm³/mol. The summed E-state index contributed by atoms with van der Waals surface area (Å²) in [5, 5.41) is 13.0. The van der Waals surface area contributed by atoms with Gasteiger partial charge in [0, 0.05) is 0 Å². The second-order valence-electron chi connectivity index (χ2n) is 3.68. The van der Waals surface area contributed by atoms with E-state index >= 15 is 0 Å². The number of carbonyl (C=O) groups is 1. The minimum Gasteiger partial charge on any atom is -0.508 e. The summed E-state index contributed by atoms with van der Waals surface area (Å²) in [6.07, 6.45) is 2.90. The highest BCUT2D eigenvalue weighted by Crippen LogP contribution is 2.09. The molecule has 5 nitrogen and oxygen atoms in total. The highest BCUT2D eigenvalue weighted by atomic mass is 16.3. The molecule has 0 spiro atoms. The predicted octanol–water partition coefficient (Wildman–Crippen LogP) is 2.06. The molecule has 1 aromatic carbocycles. The van der Waals surface area contributed by atoms with Gasteiger partial charge in [-0.2, -0.15) is 5.10 Å². The SMILES string of the molecule is Cc1occc1C(=O)NN=Cc1cccc(O)c1. The molecule has 5 heteroatoms. The summed E-state index contributed by atoms with van der Waals surface area (Å²) < 4.78 is 5.02. The quantitative estimate of drug-likeness (QED) is 0.641. The van der Waals surface area contributed by atoms with Crippen LogP contribution in [0.3, 0.4) is 0 Å². The summed E-state index contributed by atoms with van der Waals surface area (Å²) in [5.41, 5.74) is 3.52. The number of nitrogens with one attached hydrogen (secondary N) is 1. The number of hydrogen-bond donors (Lipinski definition) is 2. The van der Waals surface area contributed by atoms with Gasteiger partial charge < -0.3 is 9.52 Å². The van der Waals surface area contributed by atoms with Crippen LogP contribution >= 0.6 is 0 Å². The Morgan fingerprint density at radius 2 is 2.28 bits per heavy atom. The molecule has 2 N–H and O–H groups in total. The minimum atomic E-state index is -0.336. The Labute approximate surface area is 104 Å². The van der Waals surface area contributed by atoms with E-state index in [0.717, 1.165) is 0 Å². The number of aromatic hydroxyl groups is 1. The van der Waals surface area contributed by atoms with E-state index in [2.05, 4.69) is 10.5 Å².